The molecular formula is C17H24F3N3O3S. The zero-order valence-corrected chi connectivity index (χ0v) is 15.9. The van der Waals surface area contributed by atoms with E-state index in [1.165, 1.54) is 16.4 Å². The molecular weight excluding hydrogens is 383 g/mol. The van der Waals surface area contributed by atoms with Crippen LogP contribution in [0.1, 0.15) is 38.2 Å². The van der Waals surface area contributed by atoms with Crippen LogP contribution in [0.25, 0.3) is 0 Å². The number of carbonyl (C=O) groups excluding carboxylic acids is 1. The van der Waals surface area contributed by atoms with Gasteiger partial charge in [-0.1, -0.05) is 31.9 Å². The number of amides is 1. The molecule has 0 unspecified atom stereocenters. The molecule has 0 saturated carbocycles. The zero-order chi connectivity index (χ0) is 20.1. The Hall–Kier alpha value is -1.65. The number of hydrogen-bond acceptors (Lipinski definition) is 3. The third-order valence-corrected chi connectivity index (χ3v) is 6.45. The van der Waals surface area contributed by atoms with Crippen molar-refractivity contribution in [3.8, 4) is 0 Å². The highest BCUT2D eigenvalue weighted by Crippen LogP contribution is 2.34. The summed E-state index contributed by atoms with van der Waals surface area (Å²) in [6.45, 7) is 1.87. The second-order valence-corrected chi connectivity index (χ2v) is 8.27. The van der Waals surface area contributed by atoms with Gasteiger partial charge in [0.1, 0.15) is 0 Å². The average Bonchev–Trinajstić information content (AvgIpc) is 2.89. The van der Waals surface area contributed by atoms with Crippen molar-refractivity contribution < 1.29 is 26.4 Å². The Bertz CT molecular complexity index is 745. The van der Waals surface area contributed by atoms with E-state index in [0.717, 1.165) is 42.1 Å². The lowest BCUT2D eigenvalue weighted by molar-refractivity contribution is -0.137. The van der Waals surface area contributed by atoms with Crippen LogP contribution in [0.2, 0.25) is 0 Å². The number of para-hydroxylation sites is 1. The summed E-state index contributed by atoms with van der Waals surface area (Å²) in [5, 5.41) is 2.19. The molecule has 152 valence electrons. The van der Waals surface area contributed by atoms with Gasteiger partial charge in [-0.05, 0) is 25.0 Å². The first kappa shape index (κ1) is 21.6. The summed E-state index contributed by atoms with van der Waals surface area (Å²) in [7, 11) is -3.84. The number of hydrogen-bond donors (Lipinski definition) is 1. The molecule has 1 fully saturated rings. The predicted molar refractivity (Wildman–Crippen MR) is 96.3 cm³/mol. The minimum absolute atomic E-state index is 0.0488. The van der Waals surface area contributed by atoms with Gasteiger partial charge in [0.05, 0.1) is 17.8 Å². The molecule has 0 spiro atoms. The summed E-state index contributed by atoms with van der Waals surface area (Å²) < 4.78 is 67.0. The quantitative estimate of drug-likeness (QED) is 0.788. The summed E-state index contributed by atoms with van der Waals surface area (Å²) in [6, 6.07) is 4.60. The van der Waals surface area contributed by atoms with Gasteiger partial charge in [-0.2, -0.15) is 30.2 Å². The molecule has 1 aliphatic heterocycles. The van der Waals surface area contributed by atoms with Crippen LogP contribution in [0.4, 0.5) is 18.9 Å². The molecule has 2 rings (SSSR count). The third kappa shape index (κ3) is 5.66. The van der Waals surface area contributed by atoms with E-state index in [9.17, 15) is 26.4 Å². The molecule has 1 saturated heterocycles. The molecule has 0 atom stereocenters. The molecule has 1 aromatic carbocycles. The van der Waals surface area contributed by atoms with Gasteiger partial charge < -0.3 is 5.32 Å². The largest absolute Gasteiger partial charge is 0.418 e. The number of benzene rings is 1. The first-order chi connectivity index (χ1) is 12.7. The second kappa shape index (κ2) is 9.03. The molecule has 1 aromatic rings. The highest BCUT2D eigenvalue weighted by Gasteiger charge is 2.34. The normalized spacial score (nSPS) is 16.9. The topological polar surface area (TPSA) is 69.7 Å². The van der Waals surface area contributed by atoms with Crippen LogP contribution in [0.5, 0.6) is 0 Å². The maximum atomic E-state index is 13.0. The van der Waals surface area contributed by atoms with Gasteiger partial charge in [-0.3, -0.25) is 4.79 Å². The molecule has 1 heterocycles. The van der Waals surface area contributed by atoms with Crippen LogP contribution >= 0.6 is 0 Å². The smallest absolute Gasteiger partial charge is 0.324 e. The van der Waals surface area contributed by atoms with Gasteiger partial charge in [0.15, 0.2) is 0 Å². The highest BCUT2D eigenvalue weighted by atomic mass is 32.2. The first-order valence-electron chi connectivity index (χ1n) is 8.87. The fraction of sp³-hybridized carbons (Fsp3) is 0.588. The molecule has 1 N–H and O–H groups in total. The Morgan fingerprint density at radius 3 is 2.30 bits per heavy atom. The molecule has 10 heteroatoms. The predicted octanol–water partition coefficient (Wildman–Crippen LogP) is 3.09. The summed E-state index contributed by atoms with van der Waals surface area (Å²) >= 11 is 0. The minimum atomic E-state index is -4.62. The molecule has 0 aromatic heterocycles. The lowest BCUT2D eigenvalue weighted by atomic mass is 10.1. The molecule has 1 aliphatic rings. The van der Waals surface area contributed by atoms with Crippen molar-refractivity contribution in [2.45, 2.75) is 38.8 Å². The van der Waals surface area contributed by atoms with Gasteiger partial charge in [0, 0.05) is 19.6 Å². The number of alkyl halides is 3. The van der Waals surface area contributed by atoms with Crippen LogP contribution in [0, 0.1) is 0 Å². The number of nitrogens with one attached hydrogen (secondary N) is 1. The van der Waals surface area contributed by atoms with Crippen molar-refractivity contribution >= 4 is 21.8 Å². The number of rotatable bonds is 6. The van der Waals surface area contributed by atoms with Gasteiger partial charge in [-0.15, -0.1) is 0 Å². The molecule has 27 heavy (non-hydrogen) atoms. The molecule has 1 amide bonds. The van der Waals surface area contributed by atoms with Crippen LogP contribution < -0.4 is 5.32 Å². The van der Waals surface area contributed by atoms with Crippen molar-refractivity contribution in [1.29, 1.82) is 0 Å². The highest BCUT2D eigenvalue weighted by molar-refractivity contribution is 7.86. The summed E-state index contributed by atoms with van der Waals surface area (Å²) in [5.74, 6) is -0.813. The molecule has 0 bridgehead atoms. The third-order valence-electron chi connectivity index (χ3n) is 4.40. The summed E-state index contributed by atoms with van der Waals surface area (Å²) in [6.07, 6.45) is -1.21. The number of anilines is 1. The van der Waals surface area contributed by atoms with Crippen LogP contribution in [0.3, 0.4) is 0 Å². The van der Waals surface area contributed by atoms with E-state index in [-0.39, 0.29) is 6.54 Å². The van der Waals surface area contributed by atoms with E-state index >= 15 is 0 Å². The fourth-order valence-electron chi connectivity index (χ4n) is 2.98. The Labute approximate surface area is 157 Å². The van der Waals surface area contributed by atoms with Gasteiger partial charge >= 0.3 is 6.18 Å². The maximum Gasteiger partial charge on any atom is 0.418 e. The Balaban J connectivity index is 2.11. The first-order valence-corrected chi connectivity index (χ1v) is 10.3. The molecule has 0 aliphatic carbocycles. The van der Waals surface area contributed by atoms with E-state index in [1.807, 2.05) is 0 Å². The van der Waals surface area contributed by atoms with E-state index in [4.69, 9.17) is 0 Å². The Morgan fingerprint density at radius 2 is 1.74 bits per heavy atom. The number of halogens is 3. The lowest BCUT2D eigenvalue weighted by Crippen LogP contribution is -2.47. The number of carbonyl (C=O) groups is 1. The van der Waals surface area contributed by atoms with Crippen LogP contribution in [0.15, 0.2) is 24.3 Å². The number of nitrogens with zero attached hydrogens (tertiary/aromatic N) is 2. The molecule has 6 nitrogen and oxygen atoms in total. The van der Waals surface area contributed by atoms with Crippen LogP contribution in [-0.2, 0) is 21.2 Å². The SMILES string of the molecule is CCN(CC(=O)Nc1ccccc1C(F)(F)F)S(=O)(=O)N1CCCCCC1. The fourth-order valence-corrected chi connectivity index (χ4v) is 4.63. The summed E-state index contributed by atoms with van der Waals surface area (Å²) in [5.41, 5.74) is -1.37. The van der Waals surface area contributed by atoms with Crippen molar-refractivity contribution in [2.75, 3.05) is 31.5 Å². The number of likely N-dealkylation sites (N-methyl/N-ethyl adjacent to an activating group) is 1. The minimum Gasteiger partial charge on any atom is -0.324 e. The van der Waals surface area contributed by atoms with E-state index in [1.54, 1.807) is 6.92 Å². The summed E-state index contributed by atoms with van der Waals surface area (Å²) in [4.78, 5) is 12.3. The monoisotopic (exact) mass is 407 g/mol. The molecule has 0 radical (unpaired) electrons. The van der Waals surface area contributed by atoms with E-state index in [0.29, 0.717) is 13.1 Å². The maximum absolute atomic E-state index is 13.0. The zero-order valence-electron chi connectivity index (χ0n) is 15.1. The van der Waals surface area contributed by atoms with Gasteiger partial charge in [0.25, 0.3) is 10.2 Å². The Kier molecular flexibility index (Phi) is 7.24. The van der Waals surface area contributed by atoms with E-state index < -0.39 is 40.1 Å². The van der Waals surface area contributed by atoms with Crippen LogP contribution in [-0.4, -0.2) is 49.1 Å². The standard InChI is InChI=1S/C17H24F3N3O3S/c1-2-22(27(25,26)23-11-7-3-4-8-12-23)13-16(24)21-15-10-6-5-9-14(15)17(18,19)20/h5-6,9-10H,2-4,7-8,11-13H2,1H3,(H,21,24). The van der Waals surface area contributed by atoms with Gasteiger partial charge in [0.2, 0.25) is 5.91 Å². The van der Waals surface area contributed by atoms with Crippen molar-refractivity contribution in [1.82, 2.24) is 8.61 Å². The average molecular weight is 407 g/mol. The second-order valence-electron chi connectivity index (χ2n) is 6.34. The lowest BCUT2D eigenvalue weighted by Gasteiger charge is -2.28. The van der Waals surface area contributed by atoms with E-state index in [2.05, 4.69) is 5.32 Å². The van der Waals surface area contributed by atoms with Gasteiger partial charge in [-0.25, -0.2) is 0 Å². The van der Waals surface area contributed by atoms with Crippen molar-refractivity contribution in [3.05, 3.63) is 29.8 Å². The van der Waals surface area contributed by atoms with Crippen molar-refractivity contribution in [2.24, 2.45) is 0 Å². The van der Waals surface area contributed by atoms with Crippen molar-refractivity contribution in [3.63, 3.8) is 0 Å². The Morgan fingerprint density at radius 1 is 1.15 bits per heavy atom.